The molecule has 0 aromatic heterocycles. The summed E-state index contributed by atoms with van der Waals surface area (Å²) in [6.07, 6.45) is 0. The fourth-order valence-corrected chi connectivity index (χ4v) is 8.76. The molecule has 274 valence electrons. The monoisotopic (exact) mass is 714 g/mol. The average molecular weight is 715 g/mol. The first-order valence-corrected chi connectivity index (χ1v) is 20.3. The first kappa shape index (κ1) is 36.5. The Labute approximate surface area is 328 Å². The van der Waals surface area contributed by atoms with Gasteiger partial charge in [-0.2, -0.15) is 0 Å². The van der Waals surface area contributed by atoms with Crippen molar-refractivity contribution < 1.29 is 0 Å². The van der Waals surface area contributed by atoms with Gasteiger partial charge < -0.3 is 0 Å². The van der Waals surface area contributed by atoms with Crippen LogP contribution < -0.4 is 0 Å². The molecule has 0 amide bonds. The SMILES string of the molecule is Cc1ccc(-c2c3ccc(C(C)C)cc3c(-c3ccc(C)cc3)c3c(-c4ccc(C)cc4)c4cc(C(C)C)c(C(C)C)cc4c(-c4ccc(C)cc4)c23)cc1. The molecule has 0 aliphatic heterocycles. The summed E-state index contributed by atoms with van der Waals surface area (Å²) in [6.45, 7) is 22.8. The molecular formula is C55H54. The molecule has 0 spiro atoms. The molecule has 0 atom stereocenters. The van der Waals surface area contributed by atoms with Crippen LogP contribution >= 0.6 is 0 Å². The third-order valence-corrected chi connectivity index (χ3v) is 11.9. The lowest BCUT2D eigenvalue weighted by molar-refractivity contribution is 0.793. The Balaban J connectivity index is 1.79. The van der Waals surface area contributed by atoms with Gasteiger partial charge in [0.1, 0.15) is 0 Å². The number of rotatable bonds is 7. The highest BCUT2D eigenvalue weighted by atomic mass is 14.3. The molecule has 8 aromatic rings. The van der Waals surface area contributed by atoms with Crippen LogP contribution in [0.15, 0.2) is 127 Å². The molecular weight excluding hydrogens is 661 g/mol. The maximum Gasteiger partial charge on any atom is -0.000139 e. The number of hydrogen-bond donors (Lipinski definition) is 0. The Hall–Kier alpha value is -5.46. The standard InChI is InChI=1S/C55H54/c1-32(2)43-27-28-44-47(29-43)51(40-21-13-36(8)14-22-40)55-53(42-25-17-38(10)18-26-42)49-31-46(34(5)6)45(33(3)4)30-48(49)52(41-23-15-37(9)16-24-41)54(55)50(44)39-19-11-35(7)12-20-39/h11-34H,1-10H3. The zero-order valence-corrected chi connectivity index (χ0v) is 34.4. The first-order valence-electron chi connectivity index (χ1n) is 20.3. The van der Waals surface area contributed by atoms with Gasteiger partial charge in [0, 0.05) is 0 Å². The lowest BCUT2D eigenvalue weighted by Gasteiger charge is -2.27. The molecule has 0 nitrogen and oxygen atoms in total. The Morgan fingerprint density at radius 3 is 0.873 bits per heavy atom. The lowest BCUT2D eigenvalue weighted by Crippen LogP contribution is -2.03. The number of fused-ring (bicyclic) bond motifs is 3. The molecule has 8 rings (SSSR count). The van der Waals surface area contributed by atoms with Crippen molar-refractivity contribution in [2.24, 2.45) is 0 Å². The van der Waals surface area contributed by atoms with Crippen LogP contribution in [-0.2, 0) is 0 Å². The molecule has 0 saturated carbocycles. The number of aryl methyl sites for hydroxylation is 4. The van der Waals surface area contributed by atoms with Crippen molar-refractivity contribution in [3.8, 4) is 44.5 Å². The lowest BCUT2D eigenvalue weighted by atomic mass is 9.75. The van der Waals surface area contributed by atoms with Gasteiger partial charge in [0.05, 0.1) is 0 Å². The predicted octanol–water partition coefficient (Wildman–Crippen LogP) is 16.4. The Kier molecular flexibility index (Phi) is 9.50. The molecule has 0 unspecified atom stereocenters. The summed E-state index contributed by atoms with van der Waals surface area (Å²) in [5, 5.41) is 7.89. The highest BCUT2D eigenvalue weighted by Crippen LogP contribution is 2.54. The summed E-state index contributed by atoms with van der Waals surface area (Å²) in [5.41, 5.74) is 19.6. The average Bonchev–Trinajstić information content (AvgIpc) is 3.17. The second-order valence-electron chi connectivity index (χ2n) is 17.0. The molecule has 0 heterocycles. The van der Waals surface area contributed by atoms with Crippen LogP contribution in [-0.4, -0.2) is 0 Å². The van der Waals surface area contributed by atoms with Crippen LogP contribution in [0.3, 0.4) is 0 Å². The molecule has 0 bridgehead atoms. The summed E-state index contributed by atoms with van der Waals surface area (Å²) in [6, 6.07) is 49.6. The van der Waals surface area contributed by atoms with E-state index in [1.807, 2.05) is 0 Å². The maximum absolute atomic E-state index is 2.57. The van der Waals surface area contributed by atoms with Gasteiger partial charge in [0.15, 0.2) is 0 Å². The van der Waals surface area contributed by atoms with Gasteiger partial charge in [0.2, 0.25) is 0 Å². The first-order chi connectivity index (χ1) is 26.4. The summed E-state index contributed by atoms with van der Waals surface area (Å²) in [7, 11) is 0. The van der Waals surface area contributed by atoms with E-state index in [1.54, 1.807) is 0 Å². The number of benzene rings is 8. The summed E-state index contributed by atoms with van der Waals surface area (Å²) < 4.78 is 0. The molecule has 0 saturated heterocycles. The minimum Gasteiger partial charge on any atom is -0.0587 e. The van der Waals surface area contributed by atoms with Gasteiger partial charge in [-0.3, -0.25) is 0 Å². The van der Waals surface area contributed by atoms with Crippen LogP contribution in [0, 0.1) is 27.7 Å². The van der Waals surface area contributed by atoms with E-state index in [9.17, 15) is 0 Å². The Morgan fingerprint density at radius 1 is 0.291 bits per heavy atom. The Bertz CT molecular complexity index is 2700. The van der Waals surface area contributed by atoms with Gasteiger partial charge in [-0.05, 0) is 151 Å². The van der Waals surface area contributed by atoms with E-state index in [4.69, 9.17) is 0 Å². The van der Waals surface area contributed by atoms with Gasteiger partial charge in [0.25, 0.3) is 0 Å². The van der Waals surface area contributed by atoms with Gasteiger partial charge in [-0.25, -0.2) is 0 Å². The predicted molar refractivity (Wildman–Crippen MR) is 242 cm³/mol. The van der Waals surface area contributed by atoms with E-state index in [-0.39, 0.29) is 0 Å². The molecule has 0 aliphatic rings. The minimum atomic E-state index is 0.385. The van der Waals surface area contributed by atoms with E-state index in [0.717, 1.165) is 0 Å². The minimum absolute atomic E-state index is 0.385. The maximum atomic E-state index is 2.57. The fraction of sp³-hybridized carbons (Fsp3) is 0.236. The van der Waals surface area contributed by atoms with Crippen LogP contribution in [0.5, 0.6) is 0 Å². The van der Waals surface area contributed by atoms with E-state index in [0.29, 0.717) is 17.8 Å². The van der Waals surface area contributed by atoms with Crippen molar-refractivity contribution in [2.75, 3.05) is 0 Å². The van der Waals surface area contributed by atoms with Gasteiger partial charge in [-0.1, -0.05) is 179 Å². The smallest absolute Gasteiger partial charge is 0.000139 e. The van der Waals surface area contributed by atoms with Crippen LogP contribution in [0.2, 0.25) is 0 Å². The highest BCUT2D eigenvalue weighted by molar-refractivity contribution is 6.34. The van der Waals surface area contributed by atoms with Crippen LogP contribution in [0.4, 0.5) is 0 Å². The van der Waals surface area contributed by atoms with Crippen molar-refractivity contribution in [3.63, 3.8) is 0 Å². The second kappa shape index (κ2) is 14.3. The van der Waals surface area contributed by atoms with Crippen molar-refractivity contribution >= 4 is 32.3 Å². The van der Waals surface area contributed by atoms with E-state index in [1.165, 1.54) is 116 Å². The van der Waals surface area contributed by atoms with Crippen molar-refractivity contribution in [1.82, 2.24) is 0 Å². The molecule has 0 heteroatoms. The summed E-state index contributed by atoms with van der Waals surface area (Å²) in [5.74, 6) is 1.17. The third-order valence-electron chi connectivity index (χ3n) is 11.9. The Morgan fingerprint density at radius 2 is 0.582 bits per heavy atom. The molecule has 0 aliphatic carbocycles. The quantitative estimate of drug-likeness (QED) is 0.144. The van der Waals surface area contributed by atoms with E-state index < -0.39 is 0 Å². The van der Waals surface area contributed by atoms with Crippen LogP contribution in [0.25, 0.3) is 76.8 Å². The normalized spacial score (nSPS) is 11.9. The molecule has 0 N–H and O–H groups in total. The summed E-state index contributed by atoms with van der Waals surface area (Å²) >= 11 is 0. The molecule has 55 heavy (non-hydrogen) atoms. The number of hydrogen-bond acceptors (Lipinski definition) is 0. The van der Waals surface area contributed by atoms with E-state index >= 15 is 0 Å². The molecule has 0 radical (unpaired) electrons. The topological polar surface area (TPSA) is 0 Å². The molecule has 8 aromatic carbocycles. The van der Waals surface area contributed by atoms with Crippen molar-refractivity contribution in [2.45, 2.75) is 87.0 Å². The molecule has 0 fully saturated rings. The van der Waals surface area contributed by atoms with E-state index in [2.05, 4.69) is 197 Å². The third kappa shape index (κ3) is 6.46. The van der Waals surface area contributed by atoms with Crippen molar-refractivity contribution in [1.29, 1.82) is 0 Å². The van der Waals surface area contributed by atoms with Crippen molar-refractivity contribution in [3.05, 3.63) is 166 Å². The van der Waals surface area contributed by atoms with Crippen LogP contribution in [0.1, 0.15) is 98.2 Å². The zero-order chi connectivity index (χ0) is 38.7. The fourth-order valence-electron chi connectivity index (χ4n) is 8.76. The second-order valence-corrected chi connectivity index (χ2v) is 17.0. The van der Waals surface area contributed by atoms with Gasteiger partial charge in [-0.15, -0.1) is 0 Å². The largest absolute Gasteiger partial charge is 0.0587 e. The highest BCUT2D eigenvalue weighted by Gasteiger charge is 2.28. The summed E-state index contributed by atoms with van der Waals surface area (Å²) in [4.78, 5) is 0. The zero-order valence-electron chi connectivity index (χ0n) is 34.4. The van der Waals surface area contributed by atoms with Gasteiger partial charge >= 0.3 is 0 Å².